The molecular formula is C13H12F3N3O2. The lowest BCUT2D eigenvalue weighted by molar-refractivity contribution is -0.383. The van der Waals surface area contributed by atoms with Crippen molar-refractivity contribution in [3.63, 3.8) is 0 Å². The van der Waals surface area contributed by atoms with E-state index in [1.165, 1.54) is 37.4 Å². The number of pyridine rings is 1. The van der Waals surface area contributed by atoms with Crippen molar-refractivity contribution < 1.29 is 18.1 Å². The highest BCUT2D eigenvalue weighted by Crippen LogP contribution is 2.31. The van der Waals surface area contributed by atoms with Crippen LogP contribution in [0.4, 0.5) is 24.5 Å². The van der Waals surface area contributed by atoms with E-state index in [-0.39, 0.29) is 16.6 Å². The zero-order valence-electron chi connectivity index (χ0n) is 11.0. The Morgan fingerprint density at radius 3 is 2.71 bits per heavy atom. The van der Waals surface area contributed by atoms with Crippen molar-refractivity contribution in [3.8, 4) is 0 Å². The largest absolute Gasteiger partial charge is 0.391 e. The van der Waals surface area contributed by atoms with Gasteiger partial charge in [-0.3, -0.25) is 15.1 Å². The van der Waals surface area contributed by atoms with Gasteiger partial charge in [0, 0.05) is 18.3 Å². The fourth-order valence-electron chi connectivity index (χ4n) is 2.10. The van der Waals surface area contributed by atoms with E-state index in [1.807, 2.05) is 0 Å². The van der Waals surface area contributed by atoms with Crippen LogP contribution in [0.2, 0.25) is 0 Å². The molecule has 112 valence electrons. The molecular weight excluding hydrogens is 287 g/mol. The third-order valence-electron chi connectivity index (χ3n) is 2.88. The molecule has 0 saturated carbocycles. The van der Waals surface area contributed by atoms with Gasteiger partial charge < -0.3 is 5.32 Å². The second kappa shape index (κ2) is 5.55. The molecule has 0 spiro atoms. The Hall–Kier alpha value is -2.38. The zero-order chi connectivity index (χ0) is 15.6. The van der Waals surface area contributed by atoms with Crippen LogP contribution in [0.15, 0.2) is 30.5 Å². The second-order valence-corrected chi connectivity index (χ2v) is 4.65. The van der Waals surface area contributed by atoms with E-state index >= 15 is 0 Å². The van der Waals surface area contributed by atoms with E-state index in [0.29, 0.717) is 5.69 Å². The molecule has 5 nitrogen and oxygen atoms in total. The van der Waals surface area contributed by atoms with Crippen molar-refractivity contribution in [1.29, 1.82) is 0 Å². The number of hydrogen-bond acceptors (Lipinski definition) is 4. The van der Waals surface area contributed by atoms with Crippen molar-refractivity contribution >= 4 is 22.3 Å². The van der Waals surface area contributed by atoms with Crippen LogP contribution in [-0.2, 0) is 0 Å². The molecule has 0 radical (unpaired) electrons. The van der Waals surface area contributed by atoms with Crippen LogP contribution >= 0.6 is 0 Å². The van der Waals surface area contributed by atoms with Gasteiger partial charge in [0.2, 0.25) is 0 Å². The summed E-state index contributed by atoms with van der Waals surface area (Å²) in [5, 5.41) is 13.9. The molecule has 0 aliphatic heterocycles. The first-order valence-corrected chi connectivity index (χ1v) is 6.13. The maximum atomic E-state index is 12.3. The standard InChI is InChI=1S/C13H12F3N3O2/c1-8(7-13(14,15)16)18-10-4-5-11(19(20)21)9-3-2-6-17-12(9)10/h2-6,8,18H,7H2,1H3. The van der Waals surface area contributed by atoms with Gasteiger partial charge in [0.25, 0.3) is 5.69 Å². The molecule has 0 bridgehead atoms. The molecule has 2 rings (SSSR count). The van der Waals surface area contributed by atoms with Crippen molar-refractivity contribution in [2.75, 3.05) is 5.32 Å². The van der Waals surface area contributed by atoms with E-state index in [2.05, 4.69) is 10.3 Å². The van der Waals surface area contributed by atoms with Gasteiger partial charge in [0.15, 0.2) is 0 Å². The van der Waals surface area contributed by atoms with Crippen LogP contribution in [0.5, 0.6) is 0 Å². The summed E-state index contributed by atoms with van der Waals surface area (Å²) in [4.78, 5) is 14.4. The Morgan fingerprint density at radius 2 is 2.10 bits per heavy atom. The van der Waals surface area contributed by atoms with Crippen LogP contribution in [0, 0.1) is 10.1 Å². The number of benzene rings is 1. The lowest BCUT2D eigenvalue weighted by atomic mass is 10.1. The van der Waals surface area contributed by atoms with Crippen LogP contribution in [-0.4, -0.2) is 22.1 Å². The van der Waals surface area contributed by atoms with Gasteiger partial charge in [-0.25, -0.2) is 0 Å². The van der Waals surface area contributed by atoms with Gasteiger partial charge >= 0.3 is 6.18 Å². The van der Waals surface area contributed by atoms with E-state index in [4.69, 9.17) is 0 Å². The summed E-state index contributed by atoms with van der Waals surface area (Å²) in [5.41, 5.74) is 0.487. The summed E-state index contributed by atoms with van der Waals surface area (Å²) in [7, 11) is 0. The molecule has 8 heteroatoms. The molecule has 1 atom stereocenters. The topological polar surface area (TPSA) is 68.1 Å². The Balaban J connectivity index is 2.38. The third-order valence-corrected chi connectivity index (χ3v) is 2.88. The van der Waals surface area contributed by atoms with E-state index in [1.54, 1.807) is 0 Å². The molecule has 0 aliphatic rings. The van der Waals surface area contributed by atoms with E-state index in [9.17, 15) is 23.3 Å². The molecule has 0 saturated heterocycles. The van der Waals surface area contributed by atoms with Gasteiger partial charge in [-0.2, -0.15) is 13.2 Å². The summed E-state index contributed by atoms with van der Waals surface area (Å²) >= 11 is 0. The molecule has 0 aliphatic carbocycles. The number of rotatable bonds is 4. The first-order chi connectivity index (χ1) is 9.78. The SMILES string of the molecule is CC(CC(F)(F)F)Nc1ccc([N+](=O)[O-])c2cccnc12. The van der Waals surface area contributed by atoms with Crippen LogP contribution in [0.25, 0.3) is 10.9 Å². The number of anilines is 1. The Kier molecular flexibility index (Phi) is 3.97. The van der Waals surface area contributed by atoms with Gasteiger partial charge in [-0.15, -0.1) is 0 Å². The minimum Gasteiger partial charge on any atom is -0.380 e. The zero-order valence-corrected chi connectivity index (χ0v) is 11.0. The predicted molar refractivity (Wildman–Crippen MR) is 72.2 cm³/mol. The highest BCUT2D eigenvalue weighted by Gasteiger charge is 2.30. The molecule has 1 N–H and O–H groups in total. The van der Waals surface area contributed by atoms with E-state index < -0.39 is 23.6 Å². The average molecular weight is 299 g/mol. The summed E-state index contributed by atoms with van der Waals surface area (Å²) in [6.45, 7) is 1.39. The van der Waals surface area contributed by atoms with Gasteiger partial charge in [0.05, 0.1) is 22.4 Å². The second-order valence-electron chi connectivity index (χ2n) is 4.65. The number of fused-ring (bicyclic) bond motifs is 1. The molecule has 0 amide bonds. The number of nitrogens with zero attached hydrogens (tertiary/aromatic N) is 2. The predicted octanol–water partition coefficient (Wildman–Crippen LogP) is 3.90. The Morgan fingerprint density at radius 1 is 1.38 bits per heavy atom. The number of nitrogens with one attached hydrogen (secondary N) is 1. The first kappa shape index (κ1) is 15.0. The molecule has 1 aromatic heterocycles. The molecule has 2 aromatic rings. The minimum atomic E-state index is -4.28. The summed E-state index contributed by atoms with van der Waals surface area (Å²) in [6, 6.07) is 4.82. The normalized spacial score (nSPS) is 13.1. The highest BCUT2D eigenvalue weighted by atomic mass is 19.4. The monoisotopic (exact) mass is 299 g/mol. The number of alkyl halides is 3. The van der Waals surface area contributed by atoms with Crippen molar-refractivity contribution in [2.24, 2.45) is 0 Å². The number of nitro groups is 1. The third kappa shape index (κ3) is 3.59. The van der Waals surface area contributed by atoms with Crippen LogP contribution in [0.3, 0.4) is 0 Å². The summed E-state index contributed by atoms with van der Waals surface area (Å²) in [6.07, 6.45) is -3.85. The quantitative estimate of drug-likeness (QED) is 0.687. The van der Waals surface area contributed by atoms with Gasteiger partial charge in [-0.05, 0) is 25.1 Å². The molecule has 1 heterocycles. The van der Waals surface area contributed by atoms with Crippen LogP contribution in [0.1, 0.15) is 13.3 Å². The molecule has 1 aromatic carbocycles. The maximum Gasteiger partial charge on any atom is 0.391 e. The van der Waals surface area contributed by atoms with Crippen molar-refractivity contribution in [3.05, 3.63) is 40.6 Å². The molecule has 1 unspecified atom stereocenters. The van der Waals surface area contributed by atoms with Crippen LogP contribution < -0.4 is 5.32 Å². The Bertz CT molecular complexity index is 673. The first-order valence-electron chi connectivity index (χ1n) is 6.13. The summed E-state index contributed by atoms with van der Waals surface area (Å²) in [5.74, 6) is 0. The van der Waals surface area contributed by atoms with Gasteiger partial charge in [-0.1, -0.05) is 0 Å². The molecule has 0 fully saturated rings. The number of halogens is 3. The number of non-ortho nitro benzene ring substituents is 1. The lowest BCUT2D eigenvalue weighted by Gasteiger charge is -2.17. The number of hydrogen-bond donors (Lipinski definition) is 1. The maximum absolute atomic E-state index is 12.3. The summed E-state index contributed by atoms with van der Waals surface area (Å²) < 4.78 is 37.0. The average Bonchev–Trinajstić information content (AvgIpc) is 2.36. The smallest absolute Gasteiger partial charge is 0.380 e. The van der Waals surface area contributed by atoms with Crippen molar-refractivity contribution in [2.45, 2.75) is 25.6 Å². The molecule has 21 heavy (non-hydrogen) atoms. The minimum absolute atomic E-state index is 0.132. The van der Waals surface area contributed by atoms with E-state index in [0.717, 1.165) is 0 Å². The fourth-order valence-corrected chi connectivity index (χ4v) is 2.10. The number of aromatic nitrogens is 1. The fraction of sp³-hybridized carbons (Fsp3) is 0.308. The highest BCUT2D eigenvalue weighted by molar-refractivity contribution is 5.96. The lowest BCUT2D eigenvalue weighted by Crippen LogP contribution is -2.24. The van der Waals surface area contributed by atoms with Crippen molar-refractivity contribution in [1.82, 2.24) is 4.98 Å². The Labute approximate surface area is 117 Å². The number of nitro benzene ring substituents is 1. The van der Waals surface area contributed by atoms with Gasteiger partial charge in [0.1, 0.15) is 5.52 Å².